The molecule has 0 fully saturated rings. The Balaban J connectivity index is 1.85. The van der Waals surface area contributed by atoms with Crippen LogP contribution in [0.2, 0.25) is 0 Å². The molecule has 0 radical (unpaired) electrons. The highest BCUT2D eigenvalue weighted by atomic mass is 32.2. The van der Waals surface area contributed by atoms with Gasteiger partial charge in [0, 0.05) is 29.3 Å². The summed E-state index contributed by atoms with van der Waals surface area (Å²) in [6, 6.07) is 11.5. The Morgan fingerprint density at radius 1 is 0.944 bits per heavy atom. The fourth-order valence-electron chi connectivity index (χ4n) is 3.50. The summed E-state index contributed by atoms with van der Waals surface area (Å²) in [5.74, 6) is 0. The van der Waals surface area contributed by atoms with E-state index in [1.54, 1.807) is 31.2 Å². The third-order valence-corrected chi connectivity index (χ3v) is 8.60. The quantitative estimate of drug-likeness (QED) is 0.272. The maximum atomic E-state index is 13.2. The standard InChI is InChI=1S/C22H13F6NO5S2/c1-11-4-2-3-5-13(11)15-9-18(30)34-16-8-12(6-7-14(15)16)36(32,33)19-29-10-17(35-19)20(31,21(23,24)25)22(26,27)28/h2-10,31H,1H3. The van der Waals surface area contributed by atoms with Crippen molar-refractivity contribution in [3.05, 3.63) is 75.6 Å². The van der Waals surface area contributed by atoms with Gasteiger partial charge in [0.05, 0.1) is 9.77 Å². The molecular formula is C22H13F6NO5S2. The van der Waals surface area contributed by atoms with E-state index in [2.05, 4.69) is 4.98 Å². The van der Waals surface area contributed by atoms with Crippen LogP contribution in [0.25, 0.3) is 22.1 Å². The number of halogens is 6. The van der Waals surface area contributed by atoms with Crippen LogP contribution in [0.5, 0.6) is 0 Å². The van der Waals surface area contributed by atoms with E-state index in [0.29, 0.717) is 16.5 Å². The molecule has 0 spiro atoms. The highest BCUT2D eigenvalue weighted by molar-refractivity contribution is 7.93. The smallest absolute Gasteiger partial charge is 0.423 e. The van der Waals surface area contributed by atoms with Crippen molar-refractivity contribution in [1.82, 2.24) is 4.98 Å². The second-order valence-corrected chi connectivity index (χ2v) is 10.8. The zero-order valence-corrected chi connectivity index (χ0v) is 19.4. The molecule has 0 aliphatic rings. The van der Waals surface area contributed by atoms with Gasteiger partial charge in [0.15, 0.2) is 0 Å². The van der Waals surface area contributed by atoms with E-state index in [9.17, 15) is 44.7 Å². The van der Waals surface area contributed by atoms with Crippen molar-refractivity contribution in [2.24, 2.45) is 0 Å². The number of aromatic nitrogens is 1. The molecule has 36 heavy (non-hydrogen) atoms. The molecule has 2 aromatic heterocycles. The van der Waals surface area contributed by atoms with Gasteiger partial charge in [-0.25, -0.2) is 18.2 Å². The number of fused-ring (bicyclic) bond motifs is 1. The van der Waals surface area contributed by atoms with Crippen LogP contribution in [0, 0.1) is 6.92 Å². The number of sulfone groups is 1. The van der Waals surface area contributed by atoms with Gasteiger partial charge in [-0.2, -0.15) is 26.3 Å². The summed E-state index contributed by atoms with van der Waals surface area (Å²) in [6.45, 7) is 1.79. The first-order valence-electron chi connectivity index (χ1n) is 9.78. The Bertz CT molecular complexity index is 1620. The van der Waals surface area contributed by atoms with Crippen LogP contribution < -0.4 is 5.63 Å². The zero-order chi connectivity index (χ0) is 26.7. The van der Waals surface area contributed by atoms with Gasteiger partial charge in [0.25, 0.3) is 5.60 Å². The molecule has 2 aromatic carbocycles. The first-order chi connectivity index (χ1) is 16.6. The minimum absolute atomic E-state index is 0.00991. The van der Waals surface area contributed by atoms with Crippen molar-refractivity contribution in [1.29, 1.82) is 0 Å². The van der Waals surface area contributed by atoms with Gasteiger partial charge in [-0.15, -0.1) is 11.3 Å². The van der Waals surface area contributed by atoms with Crippen molar-refractivity contribution in [3.63, 3.8) is 0 Å². The average molecular weight is 549 g/mol. The van der Waals surface area contributed by atoms with E-state index in [0.717, 1.165) is 17.7 Å². The van der Waals surface area contributed by atoms with Crippen molar-refractivity contribution in [2.75, 3.05) is 0 Å². The fourth-order valence-corrected chi connectivity index (χ4v) is 6.18. The van der Waals surface area contributed by atoms with Crippen LogP contribution >= 0.6 is 11.3 Å². The Morgan fingerprint density at radius 2 is 1.58 bits per heavy atom. The number of hydrogen-bond acceptors (Lipinski definition) is 7. The van der Waals surface area contributed by atoms with Crippen LogP contribution in [0.1, 0.15) is 10.4 Å². The first-order valence-corrected chi connectivity index (χ1v) is 12.1. The van der Waals surface area contributed by atoms with Crippen LogP contribution in [0.4, 0.5) is 26.3 Å². The van der Waals surface area contributed by atoms with Gasteiger partial charge < -0.3 is 9.52 Å². The number of alkyl halides is 6. The predicted octanol–water partition coefficient (Wildman–Crippen LogP) is 5.37. The largest absolute Gasteiger partial charge is 0.431 e. The van der Waals surface area contributed by atoms with Crippen molar-refractivity contribution < 1.29 is 44.3 Å². The highest BCUT2D eigenvalue weighted by Crippen LogP contribution is 2.52. The van der Waals surface area contributed by atoms with Crippen molar-refractivity contribution >= 4 is 32.1 Å². The lowest BCUT2D eigenvalue weighted by Gasteiger charge is -2.30. The molecule has 0 unspecified atom stereocenters. The highest BCUT2D eigenvalue weighted by Gasteiger charge is 2.72. The van der Waals surface area contributed by atoms with E-state index < -0.39 is 58.9 Å². The molecule has 2 heterocycles. The number of nitrogens with zero attached hydrogens (tertiary/aromatic N) is 1. The van der Waals surface area contributed by atoms with Crippen molar-refractivity contribution in [2.45, 2.75) is 34.1 Å². The summed E-state index contributed by atoms with van der Waals surface area (Å²) in [5, 5.41) is 9.85. The van der Waals surface area contributed by atoms with Gasteiger partial charge in [-0.1, -0.05) is 24.3 Å². The van der Waals surface area contributed by atoms with Crippen molar-refractivity contribution in [3.8, 4) is 11.1 Å². The van der Waals surface area contributed by atoms with E-state index >= 15 is 0 Å². The molecule has 4 aromatic rings. The molecule has 190 valence electrons. The molecule has 14 heteroatoms. The van der Waals surface area contributed by atoms with Crippen LogP contribution in [0.15, 0.2) is 73.2 Å². The number of rotatable bonds is 4. The van der Waals surface area contributed by atoms with Gasteiger partial charge >= 0.3 is 18.0 Å². The molecule has 0 saturated carbocycles. The number of benzene rings is 2. The molecule has 0 atom stereocenters. The summed E-state index contributed by atoms with van der Waals surface area (Å²) < 4.78 is 109. The zero-order valence-electron chi connectivity index (χ0n) is 17.8. The molecule has 0 saturated heterocycles. The molecule has 0 aliphatic carbocycles. The average Bonchev–Trinajstić information content (AvgIpc) is 3.27. The van der Waals surface area contributed by atoms with Crippen LogP contribution in [0.3, 0.4) is 0 Å². The molecule has 1 N–H and O–H groups in total. The van der Waals surface area contributed by atoms with E-state index in [1.807, 2.05) is 0 Å². The summed E-state index contributed by atoms with van der Waals surface area (Å²) >= 11 is -0.476. The van der Waals surface area contributed by atoms with Crippen LogP contribution in [-0.2, 0) is 15.4 Å². The van der Waals surface area contributed by atoms with E-state index in [-0.39, 0.29) is 11.8 Å². The molecule has 0 amide bonds. The summed E-state index contributed by atoms with van der Waals surface area (Å²) in [5.41, 5.74) is -4.41. The topological polar surface area (TPSA) is 97.5 Å². The van der Waals surface area contributed by atoms with Crippen LogP contribution in [-0.4, -0.2) is 30.9 Å². The van der Waals surface area contributed by atoms with Gasteiger partial charge in [-0.3, -0.25) is 0 Å². The number of aryl methyl sites for hydroxylation is 1. The number of aliphatic hydroxyl groups is 1. The lowest BCUT2D eigenvalue weighted by atomic mass is 9.98. The predicted molar refractivity (Wildman–Crippen MR) is 116 cm³/mol. The minimum atomic E-state index is -6.20. The van der Waals surface area contributed by atoms with Gasteiger partial charge in [0.2, 0.25) is 14.2 Å². The van der Waals surface area contributed by atoms with Gasteiger partial charge in [0.1, 0.15) is 5.58 Å². The summed E-state index contributed by atoms with van der Waals surface area (Å²) in [6.07, 6.45) is -12.4. The molecule has 6 nitrogen and oxygen atoms in total. The van der Waals surface area contributed by atoms with E-state index in [4.69, 9.17) is 4.42 Å². The molecule has 0 bridgehead atoms. The van der Waals surface area contributed by atoms with Gasteiger partial charge in [-0.05, 0) is 30.2 Å². The third-order valence-electron chi connectivity index (χ3n) is 5.35. The Kier molecular flexibility index (Phi) is 6.05. The van der Waals surface area contributed by atoms with E-state index in [1.165, 1.54) is 12.1 Å². The third kappa shape index (κ3) is 4.08. The fraction of sp³-hybridized carbons (Fsp3) is 0.182. The molecule has 4 rings (SSSR count). The second-order valence-electron chi connectivity index (χ2n) is 7.65. The summed E-state index contributed by atoms with van der Waals surface area (Å²) in [4.78, 5) is 13.0. The number of hydrogen-bond donors (Lipinski definition) is 1. The summed E-state index contributed by atoms with van der Waals surface area (Å²) in [7, 11) is -4.76. The lowest BCUT2D eigenvalue weighted by molar-refractivity contribution is -0.375. The SMILES string of the molecule is Cc1ccccc1-c1cc(=O)oc2cc(S(=O)(=O)c3ncc(C(O)(C(F)(F)F)C(F)(F)F)s3)ccc12. The minimum Gasteiger partial charge on any atom is -0.423 e. The Morgan fingerprint density at radius 3 is 2.19 bits per heavy atom. The lowest BCUT2D eigenvalue weighted by Crippen LogP contribution is -2.53. The number of thiazole rings is 1. The second kappa shape index (κ2) is 8.42. The maximum Gasteiger partial charge on any atom is 0.431 e. The normalized spacial score (nSPS) is 13.3. The molecule has 0 aliphatic heterocycles. The monoisotopic (exact) mass is 549 g/mol. The Hall–Kier alpha value is -3.23. The molecular weight excluding hydrogens is 536 g/mol. The maximum absolute atomic E-state index is 13.2. The first kappa shape index (κ1) is 25.9. The Labute approximate surface area is 202 Å².